The van der Waals surface area contributed by atoms with Crippen molar-refractivity contribution in [2.75, 3.05) is 0 Å². The van der Waals surface area contributed by atoms with Gasteiger partial charge in [0.15, 0.2) is 0 Å². The normalized spacial score (nSPS) is 12.1. The van der Waals surface area contributed by atoms with E-state index in [1.807, 2.05) is 0 Å². The van der Waals surface area contributed by atoms with Crippen LogP contribution in [0.2, 0.25) is 5.02 Å². The molecule has 0 fully saturated rings. The first-order valence-corrected chi connectivity index (χ1v) is 4.72. The standard InChI is InChI=1S/C11H5ClF4/c12-9-5-6(11(14,15)16)4-8-7(9)2-1-3-10(8)13/h1-5H. The van der Waals surface area contributed by atoms with E-state index in [9.17, 15) is 17.6 Å². The molecule has 0 bridgehead atoms. The zero-order valence-corrected chi connectivity index (χ0v) is 8.53. The molecule has 0 saturated heterocycles. The van der Waals surface area contributed by atoms with Crippen molar-refractivity contribution >= 4 is 22.4 Å². The van der Waals surface area contributed by atoms with Crippen LogP contribution in [0.15, 0.2) is 30.3 Å². The van der Waals surface area contributed by atoms with Crippen LogP contribution in [0, 0.1) is 5.82 Å². The molecule has 0 heterocycles. The molecule has 0 saturated carbocycles. The molecule has 0 radical (unpaired) electrons. The molecule has 0 N–H and O–H groups in total. The van der Waals surface area contributed by atoms with Crippen LogP contribution in [0.3, 0.4) is 0 Å². The molecule has 0 aliphatic carbocycles. The van der Waals surface area contributed by atoms with Crippen LogP contribution in [0.1, 0.15) is 5.56 Å². The summed E-state index contributed by atoms with van der Waals surface area (Å²) < 4.78 is 50.6. The van der Waals surface area contributed by atoms with Gasteiger partial charge in [-0.25, -0.2) is 4.39 Å². The van der Waals surface area contributed by atoms with Gasteiger partial charge >= 0.3 is 6.18 Å². The summed E-state index contributed by atoms with van der Waals surface area (Å²) in [6, 6.07) is 5.52. The van der Waals surface area contributed by atoms with Crippen LogP contribution in [0.4, 0.5) is 17.6 Å². The van der Waals surface area contributed by atoms with Gasteiger partial charge in [-0.2, -0.15) is 13.2 Å². The zero-order chi connectivity index (χ0) is 11.9. The van der Waals surface area contributed by atoms with E-state index in [1.165, 1.54) is 12.1 Å². The molecule has 0 aliphatic heterocycles. The molecule has 0 spiro atoms. The van der Waals surface area contributed by atoms with E-state index >= 15 is 0 Å². The summed E-state index contributed by atoms with van der Waals surface area (Å²) in [6.45, 7) is 0. The summed E-state index contributed by atoms with van der Waals surface area (Å²) in [5.74, 6) is -0.717. The smallest absolute Gasteiger partial charge is 0.206 e. The SMILES string of the molecule is Fc1cccc2c(Cl)cc(C(F)(F)F)cc12. The lowest BCUT2D eigenvalue weighted by atomic mass is 10.1. The number of rotatable bonds is 0. The first kappa shape index (κ1) is 11.2. The van der Waals surface area contributed by atoms with Gasteiger partial charge in [-0.3, -0.25) is 0 Å². The highest BCUT2D eigenvalue weighted by Crippen LogP contribution is 2.35. The Labute approximate surface area is 93.4 Å². The third-order valence-electron chi connectivity index (χ3n) is 2.22. The van der Waals surface area contributed by atoms with Crippen molar-refractivity contribution in [3.63, 3.8) is 0 Å². The predicted molar refractivity (Wildman–Crippen MR) is 53.9 cm³/mol. The average molecular weight is 249 g/mol. The van der Waals surface area contributed by atoms with Gasteiger partial charge in [0, 0.05) is 15.8 Å². The highest BCUT2D eigenvalue weighted by atomic mass is 35.5. The minimum atomic E-state index is -4.53. The zero-order valence-electron chi connectivity index (χ0n) is 7.78. The maximum Gasteiger partial charge on any atom is 0.416 e. The van der Waals surface area contributed by atoms with E-state index in [-0.39, 0.29) is 15.8 Å². The Morgan fingerprint density at radius 2 is 1.69 bits per heavy atom. The molecule has 0 atom stereocenters. The lowest BCUT2D eigenvalue weighted by Crippen LogP contribution is -2.04. The number of hydrogen-bond donors (Lipinski definition) is 0. The van der Waals surface area contributed by atoms with E-state index in [1.54, 1.807) is 0 Å². The van der Waals surface area contributed by atoms with Gasteiger partial charge < -0.3 is 0 Å². The van der Waals surface area contributed by atoms with E-state index in [2.05, 4.69) is 0 Å². The second-order valence-corrected chi connectivity index (χ2v) is 3.70. The molecule has 5 heteroatoms. The van der Waals surface area contributed by atoms with Gasteiger partial charge in [0.05, 0.1) is 5.56 Å². The molecule has 0 nitrogen and oxygen atoms in total. The average Bonchev–Trinajstić information content (AvgIpc) is 2.18. The summed E-state index contributed by atoms with van der Waals surface area (Å²) in [5.41, 5.74) is -0.949. The molecular formula is C11H5ClF4. The van der Waals surface area contributed by atoms with E-state index < -0.39 is 17.6 Å². The Bertz CT molecular complexity index is 545. The maximum atomic E-state index is 13.3. The second-order valence-electron chi connectivity index (χ2n) is 3.29. The van der Waals surface area contributed by atoms with Crippen LogP contribution in [-0.4, -0.2) is 0 Å². The lowest BCUT2D eigenvalue weighted by Gasteiger charge is -2.09. The van der Waals surface area contributed by atoms with E-state index in [0.717, 1.165) is 18.2 Å². The Hall–Kier alpha value is -1.29. The van der Waals surface area contributed by atoms with Crippen molar-refractivity contribution < 1.29 is 17.6 Å². The van der Waals surface area contributed by atoms with Gasteiger partial charge in [0.2, 0.25) is 0 Å². The minimum Gasteiger partial charge on any atom is -0.206 e. The van der Waals surface area contributed by atoms with E-state index in [4.69, 9.17) is 11.6 Å². The molecule has 0 aromatic heterocycles. The Morgan fingerprint density at radius 1 is 1.00 bits per heavy atom. The number of benzene rings is 2. The van der Waals surface area contributed by atoms with Crippen molar-refractivity contribution in [2.45, 2.75) is 6.18 Å². The van der Waals surface area contributed by atoms with Gasteiger partial charge in [-0.1, -0.05) is 23.7 Å². The van der Waals surface area contributed by atoms with Gasteiger partial charge in [0.1, 0.15) is 5.82 Å². The fourth-order valence-electron chi connectivity index (χ4n) is 1.47. The summed E-state index contributed by atoms with van der Waals surface area (Å²) in [4.78, 5) is 0. The summed E-state index contributed by atoms with van der Waals surface area (Å²) >= 11 is 5.67. The molecule has 16 heavy (non-hydrogen) atoms. The summed E-state index contributed by atoms with van der Waals surface area (Å²) in [6.07, 6.45) is -4.53. The Kier molecular flexibility index (Phi) is 2.54. The molecule has 2 aromatic rings. The third-order valence-corrected chi connectivity index (χ3v) is 2.53. The van der Waals surface area contributed by atoms with Crippen LogP contribution >= 0.6 is 11.6 Å². The monoisotopic (exact) mass is 248 g/mol. The number of hydrogen-bond acceptors (Lipinski definition) is 0. The minimum absolute atomic E-state index is 0.107. The topological polar surface area (TPSA) is 0 Å². The lowest BCUT2D eigenvalue weighted by molar-refractivity contribution is -0.137. The quantitative estimate of drug-likeness (QED) is 0.595. The molecule has 2 rings (SSSR count). The molecular weight excluding hydrogens is 244 g/mol. The second kappa shape index (κ2) is 3.63. The van der Waals surface area contributed by atoms with Crippen LogP contribution in [0.25, 0.3) is 10.8 Å². The fraction of sp³-hybridized carbons (Fsp3) is 0.0909. The largest absolute Gasteiger partial charge is 0.416 e. The van der Waals surface area contributed by atoms with Crippen molar-refractivity contribution in [2.24, 2.45) is 0 Å². The number of alkyl halides is 3. The first-order valence-electron chi connectivity index (χ1n) is 4.34. The molecule has 0 unspecified atom stereocenters. The van der Waals surface area contributed by atoms with Crippen molar-refractivity contribution in [1.82, 2.24) is 0 Å². The molecule has 0 amide bonds. The predicted octanol–water partition coefficient (Wildman–Crippen LogP) is 4.65. The first-order chi connectivity index (χ1) is 7.39. The fourth-order valence-corrected chi connectivity index (χ4v) is 1.75. The van der Waals surface area contributed by atoms with Gasteiger partial charge in [0.25, 0.3) is 0 Å². The van der Waals surface area contributed by atoms with Crippen LogP contribution in [-0.2, 0) is 6.18 Å². The summed E-state index contributed by atoms with van der Waals surface area (Å²) in [7, 11) is 0. The van der Waals surface area contributed by atoms with Gasteiger partial charge in [-0.05, 0) is 18.2 Å². The van der Waals surface area contributed by atoms with Crippen molar-refractivity contribution in [3.05, 3.63) is 46.7 Å². The third kappa shape index (κ3) is 1.85. The van der Waals surface area contributed by atoms with Gasteiger partial charge in [-0.15, -0.1) is 0 Å². The van der Waals surface area contributed by atoms with Crippen LogP contribution in [0.5, 0.6) is 0 Å². The van der Waals surface area contributed by atoms with Crippen molar-refractivity contribution in [3.8, 4) is 0 Å². The Morgan fingerprint density at radius 3 is 2.31 bits per heavy atom. The highest BCUT2D eigenvalue weighted by molar-refractivity contribution is 6.35. The number of halogens is 5. The molecule has 0 aliphatic rings. The summed E-state index contributed by atoms with van der Waals surface area (Å²) in [5, 5.41) is 0.0429. The molecule has 2 aromatic carbocycles. The Balaban J connectivity index is 2.81. The van der Waals surface area contributed by atoms with E-state index in [0.29, 0.717) is 0 Å². The van der Waals surface area contributed by atoms with Crippen LogP contribution < -0.4 is 0 Å². The number of fused-ring (bicyclic) bond motifs is 1. The molecule has 84 valence electrons. The maximum absolute atomic E-state index is 13.3. The highest BCUT2D eigenvalue weighted by Gasteiger charge is 2.31. The van der Waals surface area contributed by atoms with Crippen molar-refractivity contribution in [1.29, 1.82) is 0 Å².